The summed E-state index contributed by atoms with van der Waals surface area (Å²) in [5, 5.41) is 16.1. The molecule has 0 saturated heterocycles. The number of hydrogen-bond acceptors (Lipinski definition) is 6. The topological polar surface area (TPSA) is 110 Å². The number of oxazole rings is 1. The summed E-state index contributed by atoms with van der Waals surface area (Å²) in [6.45, 7) is 1.76. The van der Waals surface area contributed by atoms with Crippen LogP contribution in [-0.2, 0) is 4.79 Å². The molecule has 2 aromatic heterocycles. The average Bonchev–Trinajstić information content (AvgIpc) is 3.14. The van der Waals surface area contributed by atoms with Crippen molar-refractivity contribution in [3.8, 4) is 0 Å². The number of tetrazole rings is 1. The number of para-hydroxylation sites is 2. The van der Waals surface area contributed by atoms with Crippen molar-refractivity contribution in [2.75, 3.05) is 0 Å². The van der Waals surface area contributed by atoms with E-state index < -0.39 is 0 Å². The monoisotopic (exact) mass is 284 g/mol. The maximum atomic E-state index is 11.8. The van der Waals surface area contributed by atoms with Crippen LogP contribution in [0.3, 0.4) is 0 Å². The third-order valence-electron chi connectivity index (χ3n) is 2.80. The highest BCUT2D eigenvalue weighted by atomic mass is 16.3. The first-order valence-electron chi connectivity index (χ1n) is 6.30. The van der Waals surface area contributed by atoms with Gasteiger partial charge in [-0.15, -0.1) is 10.2 Å². The maximum Gasteiger partial charge on any atom is 0.244 e. The first-order valence-corrected chi connectivity index (χ1v) is 6.30. The SMILES string of the molecule is CC(NC(=O)C=Cc1nc2ccccc2o1)c1nn[nH]n1. The van der Waals surface area contributed by atoms with E-state index in [1.807, 2.05) is 24.3 Å². The van der Waals surface area contributed by atoms with Gasteiger partial charge in [-0.3, -0.25) is 4.79 Å². The summed E-state index contributed by atoms with van der Waals surface area (Å²) in [7, 11) is 0. The third kappa shape index (κ3) is 2.94. The lowest BCUT2D eigenvalue weighted by molar-refractivity contribution is -0.117. The highest BCUT2D eigenvalue weighted by Crippen LogP contribution is 2.15. The van der Waals surface area contributed by atoms with E-state index in [1.54, 1.807) is 6.92 Å². The highest BCUT2D eigenvalue weighted by Gasteiger charge is 2.11. The number of hydrogen-bond donors (Lipinski definition) is 2. The van der Waals surface area contributed by atoms with Crippen LogP contribution < -0.4 is 5.32 Å². The van der Waals surface area contributed by atoms with Gasteiger partial charge in [0.15, 0.2) is 11.4 Å². The lowest BCUT2D eigenvalue weighted by atomic mass is 10.3. The van der Waals surface area contributed by atoms with E-state index in [9.17, 15) is 4.79 Å². The Bertz CT molecular complexity index is 744. The predicted molar refractivity (Wildman–Crippen MR) is 73.8 cm³/mol. The summed E-state index contributed by atoms with van der Waals surface area (Å²) in [6, 6.07) is 7.05. The zero-order chi connectivity index (χ0) is 14.7. The fourth-order valence-corrected chi connectivity index (χ4v) is 1.79. The Hall–Kier alpha value is -3.03. The molecule has 0 spiro atoms. The number of H-pyrrole nitrogens is 1. The Balaban J connectivity index is 1.66. The molecular formula is C13H12N6O2. The smallest absolute Gasteiger partial charge is 0.244 e. The molecule has 8 heteroatoms. The minimum Gasteiger partial charge on any atom is -0.437 e. The molecule has 2 N–H and O–H groups in total. The van der Waals surface area contributed by atoms with Crippen molar-refractivity contribution in [1.29, 1.82) is 0 Å². The second-order valence-electron chi connectivity index (χ2n) is 4.35. The van der Waals surface area contributed by atoms with Crippen LogP contribution in [0.1, 0.15) is 24.7 Å². The summed E-state index contributed by atoms with van der Waals surface area (Å²) in [5.74, 6) is 0.492. The summed E-state index contributed by atoms with van der Waals surface area (Å²) >= 11 is 0. The standard InChI is InChI=1S/C13H12N6O2/c1-8(13-16-18-19-17-13)14-11(20)6-7-12-15-9-4-2-3-5-10(9)21-12/h2-8H,1H3,(H,14,20)(H,16,17,18,19). The van der Waals surface area contributed by atoms with Crippen LogP contribution in [0.5, 0.6) is 0 Å². The Labute approximate surface area is 119 Å². The molecule has 0 fully saturated rings. The molecule has 1 atom stereocenters. The van der Waals surface area contributed by atoms with Gasteiger partial charge >= 0.3 is 0 Å². The van der Waals surface area contributed by atoms with Gasteiger partial charge in [0.2, 0.25) is 11.8 Å². The van der Waals surface area contributed by atoms with Crippen molar-refractivity contribution < 1.29 is 9.21 Å². The van der Waals surface area contributed by atoms with Gasteiger partial charge in [-0.2, -0.15) is 5.21 Å². The van der Waals surface area contributed by atoms with Crippen LogP contribution in [0, 0.1) is 0 Å². The van der Waals surface area contributed by atoms with Crippen molar-refractivity contribution in [3.05, 3.63) is 42.1 Å². The Morgan fingerprint density at radius 3 is 3.05 bits per heavy atom. The second kappa shape index (κ2) is 5.53. The van der Waals surface area contributed by atoms with E-state index in [-0.39, 0.29) is 11.9 Å². The Morgan fingerprint density at radius 1 is 1.43 bits per heavy atom. The summed E-state index contributed by atoms with van der Waals surface area (Å²) in [4.78, 5) is 16.0. The third-order valence-corrected chi connectivity index (χ3v) is 2.80. The number of amides is 1. The molecule has 3 rings (SSSR count). The number of benzene rings is 1. The number of fused-ring (bicyclic) bond motifs is 1. The van der Waals surface area contributed by atoms with Crippen molar-refractivity contribution in [2.45, 2.75) is 13.0 Å². The van der Waals surface area contributed by atoms with E-state index in [4.69, 9.17) is 4.42 Å². The summed E-state index contributed by atoms with van der Waals surface area (Å²) < 4.78 is 5.48. The second-order valence-corrected chi connectivity index (χ2v) is 4.35. The number of carbonyl (C=O) groups excluding carboxylic acids is 1. The van der Waals surface area contributed by atoms with Gasteiger partial charge in [0.1, 0.15) is 5.52 Å². The van der Waals surface area contributed by atoms with Gasteiger partial charge in [-0.05, 0) is 19.1 Å². The van der Waals surface area contributed by atoms with Crippen molar-refractivity contribution in [2.24, 2.45) is 0 Å². The molecule has 0 aliphatic heterocycles. The predicted octanol–water partition coefficient (Wildman–Crippen LogP) is 1.23. The first kappa shape index (κ1) is 13.0. The molecule has 21 heavy (non-hydrogen) atoms. The lowest BCUT2D eigenvalue weighted by Crippen LogP contribution is -2.25. The molecule has 0 radical (unpaired) electrons. The molecule has 0 bridgehead atoms. The average molecular weight is 284 g/mol. The summed E-state index contributed by atoms with van der Waals surface area (Å²) in [6.07, 6.45) is 2.86. The number of carbonyl (C=O) groups is 1. The van der Waals surface area contributed by atoms with Crippen molar-refractivity contribution >= 4 is 23.1 Å². The van der Waals surface area contributed by atoms with Crippen molar-refractivity contribution in [1.82, 2.24) is 30.9 Å². The van der Waals surface area contributed by atoms with E-state index in [2.05, 4.69) is 30.9 Å². The number of aromatic nitrogens is 5. The fourth-order valence-electron chi connectivity index (χ4n) is 1.79. The van der Waals surface area contributed by atoms with Gasteiger partial charge in [-0.1, -0.05) is 17.3 Å². The molecule has 8 nitrogen and oxygen atoms in total. The summed E-state index contributed by atoms with van der Waals surface area (Å²) in [5.41, 5.74) is 1.43. The molecule has 3 aromatic rings. The van der Waals surface area contributed by atoms with Crippen LogP contribution >= 0.6 is 0 Å². The Kier molecular flexibility index (Phi) is 3.42. The molecule has 1 amide bonds. The molecule has 0 aliphatic carbocycles. The number of rotatable bonds is 4. The van der Waals surface area contributed by atoms with Crippen LogP contribution in [0.4, 0.5) is 0 Å². The van der Waals surface area contributed by atoms with E-state index >= 15 is 0 Å². The van der Waals surface area contributed by atoms with Crippen molar-refractivity contribution in [3.63, 3.8) is 0 Å². The zero-order valence-corrected chi connectivity index (χ0v) is 11.1. The molecular weight excluding hydrogens is 272 g/mol. The highest BCUT2D eigenvalue weighted by molar-refractivity contribution is 5.91. The van der Waals surface area contributed by atoms with Crippen LogP contribution in [0.15, 0.2) is 34.8 Å². The first-order chi connectivity index (χ1) is 10.2. The maximum absolute atomic E-state index is 11.8. The van der Waals surface area contributed by atoms with E-state index in [0.29, 0.717) is 17.3 Å². The van der Waals surface area contributed by atoms with Crippen LogP contribution in [0.2, 0.25) is 0 Å². The zero-order valence-electron chi connectivity index (χ0n) is 11.1. The van der Waals surface area contributed by atoms with Gasteiger partial charge in [-0.25, -0.2) is 4.98 Å². The minimum absolute atomic E-state index is 0.297. The molecule has 2 heterocycles. The van der Waals surface area contributed by atoms with Crippen LogP contribution in [-0.4, -0.2) is 31.5 Å². The molecule has 106 valence electrons. The number of nitrogens with zero attached hydrogens (tertiary/aromatic N) is 4. The van der Waals surface area contributed by atoms with Gasteiger partial charge in [0.05, 0.1) is 6.04 Å². The van der Waals surface area contributed by atoms with E-state index in [1.165, 1.54) is 12.2 Å². The van der Waals surface area contributed by atoms with Crippen LogP contribution in [0.25, 0.3) is 17.2 Å². The van der Waals surface area contributed by atoms with E-state index in [0.717, 1.165) is 5.52 Å². The normalized spacial score (nSPS) is 12.8. The number of aromatic amines is 1. The quantitative estimate of drug-likeness (QED) is 0.697. The minimum atomic E-state index is -0.343. The molecule has 0 saturated carbocycles. The largest absolute Gasteiger partial charge is 0.437 e. The lowest BCUT2D eigenvalue weighted by Gasteiger charge is -2.06. The molecule has 1 aromatic carbocycles. The molecule has 1 unspecified atom stereocenters. The van der Waals surface area contributed by atoms with Gasteiger partial charge in [0, 0.05) is 12.2 Å². The fraction of sp³-hybridized carbons (Fsp3) is 0.154. The van der Waals surface area contributed by atoms with Gasteiger partial charge in [0.25, 0.3) is 0 Å². The van der Waals surface area contributed by atoms with Gasteiger partial charge < -0.3 is 9.73 Å². The Morgan fingerprint density at radius 2 is 2.29 bits per heavy atom. The molecule has 0 aliphatic rings. The number of nitrogens with one attached hydrogen (secondary N) is 2.